The number of carbonyl (C=O) groups excluding carboxylic acids is 1. The van der Waals surface area contributed by atoms with E-state index in [-0.39, 0.29) is 11.8 Å². The molecule has 1 aliphatic heterocycles. The van der Waals surface area contributed by atoms with E-state index in [4.69, 9.17) is 0 Å². The first-order valence-electron chi connectivity index (χ1n) is 9.42. The molecule has 0 bridgehead atoms. The molecule has 142 valence electrons. The fourth-order valence-electron chi connectivity index (χ4n) is 3.37. The predicted octanol–water partition coefficient (Wildman–Crippen LogP) is 3.10. The van der Waals surface area contributed by atoms with E-state index in [0.717, 1.165) is 48.7 Å². The van der Waals surface area contributed by atoms with Crippen molar-refractivity contribution in [3.63, 3.8) is 0 Å². The van der Waals surface area contributed by atoms with Crippen LogP contribution >= 0.6 is 0 Å². The molecule has 7 heteroatoms. The van der Waals surface area contributed by atoms with Crippen molar-refractivity contribution in [1.29, 1.82) is 0 Å². The molecule has 0 aliphatic carbocycles. The Kier molecular flexibility index (Phi) is 5.23. The van der Waals surface area contributed by atoms with Crippen LogP contribution in [0, 0.1) is 12.8 Å². The number of carbonyl (C=O) groups is 1. The minimum absolute atomic E-state index is 0.0128. The van der Waals surface area contributed by atoms with E-state index >= 15 is 0 Å². The van der Waals surface area contributed by atoms with Crippen LogP contribution in [0.25, 0.3) is 11.3 Å². The monoisotopic (exact) mass is 374 g/mol. The summed E-state index contributed by atoms with van der Waals surface area (Å²) in [5.74, 6) is 1.48. The number of pyridine rings is 2. The first kappa shape index (κ1) is 18.0. The molecule has 1 saturated heterocycles. The quantitative estimate of drug-likeness (QED) is 0.755. The Morgan fingerprint density at radius 2 is 1.93 bits per heavy atom. The fraction of sp³-hybridized carbons (Fsp3) is 0.286. The Balaban J connectivity index is 1.34. The topological polar surface area (TPSA) is 83.9 Å². The van der Waals surface area contributed by atoms with Gasteiger partial charge in [-0.2, -0.15) is 0 Å². The van der Waals surface area contributed by atoms with Gasteiger partial charge in [0.05, 0.1) is 5.69 Å². The maximum Gasteiger partial charge on any atom is 0.228 e. The van der Waals surface area contributed by atoms with Crippen LogP contribution in [-0.4, -0.2) is 39.2 Å². The molecule has 3 aromatic heterocycles. The summed E-state index contributed by atoms with van der Waals surface area (Å²) in [5.41, 5.74) is 2.64. The number of nitrogens with zero attached hydrogens (tertiary/aromatic N) is 5. The first-order chi connectivity index (χ1) is 13.7. The average Bonchev–Trinajstić information content (AvgIpc) is 2.75. The second kappa shape index (κ2) is 8.12. The zero-order chi connectivity index (χ0) is 19.3. The third-order valence-corrected chi connectivity index (χ3v) is 4.94. The highest BCUT2D eigenvalue weighted by molar-refractivity contribution is 5.91. The predicted molar refractivity (Wildman–Crippen MR) is 108 cm³/mol. The Morgan fingerprint density at radius 3 is 2.61 bits per heavy atom. The van der Waals surface area contributed by atoms with Gasteiger partial charge in [-0.05, 0) is 56.2 Å². The van der Waals surface area contributed by atoms with Crippen molar-refractivity contribution in [2.75, 3.05) is 23.3 Å². The summed E-state index contributed by atoms with van der Waals surface area (Å²) < 4.78 is 0. The molecule has 0 saturated carbocycles. The van der Waals surface area contributed by atoms with Gasteiger partial charge in [-0.3, -0.25) is 9.78 Å². The van der Waals surface area contributed by atoms with Crippen LogP contribution in [0.3, 0.4) is 0 Å². The van der Waals surface area contributed by atoms with E-state index < -0.39 is 0 Å². The Labute approximate surface area is 163 Å². The molecule has 1 aliphatic rings. The van der Waals surface area contributed by atoms with Crippen LogP contribution in [0.1, 0.15) is 18.5 Å². The zero-order valence-electron chi connectivity index (χ0n) is 15.7. The fourth-order valence-corrected chi connectivity index (χ4v) is 3.37. The lowest BCUT2D eigenvalue weighted by Crippen LogP contribution is -2.38. The van der Waals surface area contributed by atoms with Gasteiger partial charge in [0.25, 0.3) is 0 Å². The van der Waals surface area contributed by atoms with Crippen molar-refractivity contribution in [1.82, 2.24) is 20.2 Å². The van der Waals surface area contributed by atoms with Gasteiger partial charge in [0, 0.05) is 42.7 Å². The number of aromatic nitrogens is 4. The lowest BCUT2D eigenvalue weighted by atomic mass is 9.96. The third kappa shape index (κ3) is 4.14. The van der Waals surface area contributed by atoms with Crippen LogP contribution in [0.5, 0.6) is 0 Å². The smallest absolute Gasteiger partial charge is 0.228 e. The molecular weight excluding hydrogens is 352 g/mol. The normalized spacial score (nSPS) is 14.7. The number of hydrogen-bond acceptors (Lipinski definition) is 6. The highest BCUT2D eigenvalue weighted by Gasteiger charge is 2.26. The molecule has 0 atom stereocenters. The molecule has 0 unspecified atom stereocenters. The van der Waals surface area contributed by atoms with Crippen molar-refractivity contribution < 1.29 is 4.79 Å². The second-order valence-corrected chi connectivity index (χ2v) is 6.93. The van der Waals surface area contributed by atoms with Crippen molar-refractivity contribution >= 4 is 17.5 Å². The van der Waals surface area contributed by atoms with Gasteiger partial charge in [-0.1, -0.05) is 6.07 Å². The van der Waals surface area contributed by atoms with E-state index in [1.54, 1.807) is 12.4 Å². The summed E-state index contributed by atoms with van der Waals surface area (Å²) in [7, 11) is 0. The molecule has 1 amide bonds. The summed E-state index contributed by atoms with van der Waals surface area (Å²) in [6, 6.07) is 13.4. The van der Waals surface area contributed by atoms with Crippen molar-refractivity contribution in [3.05, 3.63) is 60.6 Å². The largest absolute Gasteiger partial charge is 0.355 e. The standard InChI is InChI=1S/C21H22N6O/c1-15-4-2-6-19(23-15)24-21(28)16-9-12-27(13-10-16)20-8-7-18(25-26-20)17-5-3-11-22-14-17/h2-8,11,14,16H,9-10,12-13H2,1H3,(H,23,24,28). The number of piperidine rings is 1. The summed E-state index contributed by atoms with van der Waals surface area (Å²) >= 11 is 0. The van der Waals surface area contributed by atoms with Crippen LogP contribution in [0.2, 0.25) is 0 Å². The van der Waals surface area contributed by atoms with Crippen molar-refractivity contribution in [2.45, 2.75) is 19.8 Å². The summed E-state index contributed by atoms with van der Waals surface area (Å²) in [4.78, 5) is 23.1. The summed E-state index contributed by atoms with van der Waals surface area (Å²) in [5, 5.41) is 11.6. The van der Waals surface area contributed by atoms with Gasteiger partial charge >= 0.3 is 0 Å². The van der Waals surface area contributed by atoms with Gasteiger partial charge in [-0.15, -0.1) is 10.2 Å². The van der Waals surface area contributed by atoms with Gasteiger partial charge in [-0.25, -0.2) is 4.98 Å². The summed E-state index contributed by atoms with van der Waals surface area (Å²) in [6.07, 6.45) is 5.07. The van der Waals surface area contributed by atoms with Crippen LogP contribution in [0.15, 0.2) is 54.9 Å². The number of rotatable bonds is 4. The van der Waals surface area contributed by atoms with Crippen LogP contribution < -0.4 is 10.2 Å². The molecule has 4 heterocycles. The molecule has 1 N–H and O–H groups in total. The van der Waals surface area contributed by atoms with E-state index in [1.165, 1.54) is 0 Å². The van der Waals surface area contributed by atoms with Gasteiger partial charge in [0.1, 0.15) is 5.82 Å². The number of anilines is 2. The molecule has 4 rings (SSSR count). The van der Waals surface area contributed by atoms with Gasteiger partial charge in [0.15, 0.2) is 5.82 Å². The highest BCUT2D eigenvalue weighted by Crippen LogP contribution is 2.24. The lowest BCUT2D eigenvalue weighted by molar-refractivity contribution is -0.120. The number of aryl methyl sites for hydroxylation is 1. The molecule has 0 aromatic carbocycles. The van der Waals surface area contributed by atoms with Crippen LogP contribution in [-0.2, 0) is 4.79 Å². The zero-order valence-corrected chi connectivity index (χ0v) is 15.7. The minimum Gasteiger partial charge on any atom is -0.355 e. The maximum atomic E-state index is 12.5. The first-order valence-corrected chi connectivity index (χ1v) is 9.42. The third-order valence-electron chi connectivity index (χ3n) is 4.94. The second-order valence-electron chi connectivity index (χ2n) is 6.93. The van der Waals surface area contributed by atoms with Crippen molar-refractivity contribution in [2.24, 2.45) is 5.92 Å². The molecule has 3 aromatic rings. The van der Waals surface area contributed by atoms with Gasteiger partial charge < -0.3 is 10.2 Å². The minimum atomic E-state index is -0.0128. The number of amides is 1. The van der Waals surface area contributed by atoms with E-state index in [1.807, 2.05) is 49.4 Å². The molecule has 7 nitrogen and oxygen atoms in total. The SMILES string of the molecule is Cc1cccc(NC(=O)C2CCN(c3ccc(-c4cccnc4)nn3)CC2)n1. The Bertz CT molecular complexity index is 937. The summed E-state index contributed by atoms with van der Waals surface area (Å²) in [6.45, 7) is 3.47. The molecule has 1 fully saturated rings. The van der Waals surface area contributed by atoms with Crippen LogP contribution in [0.4, 0.5) is 11.6 Å². The average molecular weight is 374 g/mol. The molecular formula is C21H22N6O. The lowest BCUT2D eigenvalue weighted by Gasteiger charge is -2.31. The van der Waals surface area contributed by atoms with E-state index in [0.29, 0.717) is 5.82 Å². The molecule has 0 spiro atoms. The Hall–Kier alpha value is -3.35. The Morgan fingerprint density at radius 1 is 1.07 bits per heavy atom. The van der Waals surface area contributed by atoms with E-state index in [2.05, 4.69) is 30.4 Å². The molecule has 28 heavy (non-hydrogen) atoms. The molecule has 0 radical (unpaired) electrons. The van der Waals surface area contributed by atoms with Gasteiger partial charge in [0.2, 0.25) is 5.91 Å². The number of nitrogens with one attached hydrogen (secondary N) is 1. The highest BCUT2D eigenvalue weighted by atomic mass is 16.1. The van der Waals surface area contributed by atoms with E-state index in [9.17, 15) is 4.79 Å². The number of hydrogen-bond donors (Lipinski definition) is 1. The maximum absolute atomic E-state index is 12.5. The van der Waals surface area contributed by atoms with Crippen molar-refractivity contribution in [3.8, 4) is 11.3 Å².